The molecule has 0 N–H and O–H groups in total. The Balaban J connectivity index is 1.20. The summed E-state index contributed by atoms with van der Waals surface area (Å²) in [7, 11) is 1.85. The van der Waals surface area contributed by atoms with Crippen LogP contribution in [0.4, 0.5) is 13.2 Å². The fourth-order valence-corrected chi connectivity index (χ4v) is 4.41. The molecule has 0 radical (unpaired) electrons. The summed E-state index contributed by atoms with van der Waals surface area (Å²) in [5.74, 6) is 0.176. The molecule has 3 aromatic rings. The lowest BCUT2D eigenvalue weighted by molar-refractivity contribution is -0.154. The average molecular weight is 475 g/mol. The van der Waals surface area contributed by atoms with E-state index in [1.165, 1.54) is 6.07 Å². The van der Waals surface area contributed by atoms with Crippen LogP contribution in [-0.4, -0.2) is 57.9 Å². The number of carbonyl (C=O) groups excluding carboxylic acids is 1. The number of nitrogens with zero attached hydrogens (tertiary/aromatic N) is 4. The first-order valence-electron chi connectivity index (χ1n) is 11.6. The summed E-state index contributed by atoms with van der Waals surface area (Å²) in [6, 6.07) is 9.00. The highest BCUT2D eigenvalue weighted by atomic mass is 19.4. The van der Waals surface area contributed by atoms with E-state index in [1.54, 1.807) is 4.68 Å². The highest BCUT2D eigenvalue weighted by molar-refractivity contribution is 6.07. The van der Waals surface area contributed by atoms with Crippen LogP contribution < -0.4 is 4.74 Å². The molecule has 34 heavy (non-hydrogen) atoms. The Morgan fingerprint density at radius 1 is 1.09 bits per heavy atom. The molecule has 4 rings (SSSR count). The van der Waals surface area contributed by atoms with Crippen molar-refractivity contribution < 1.29 is 22.7 Å². The Labute approximate surface area is 196 Å². The van der Waals surface area contributed by atoms with Gasteiger partial charge in [-0.1, -0.05) is 24.6 Å². The molecule has 1 aliphatic heterocycles. The Morgan fingerprint density at radius 2 is 1.91 bits per heavy atom. The lowest BCUT2D eigenvalue weighted by Crippen LogP contribution is -2.27. The fraction of sp³-hybridized carbons (Fsp3) is 0.480. The van der Waals surface area contributed by atoms with Gasteiger partial charge in [-0.05, 0) is 37.4 Å². The third kappa shape index (κ3) is 6.34. The molecular weight excluding hydrogens is 445 g/mol. The quantitative estimate of drug-likeness (QED) is 0.331. The molecule has 0 amide bonds. The first kappa shape index (κ1) is 24.2. The summed E-state index contributed by atoms with van der Waals surface area (Å²) >= 11 is 0. The Bertz CT molecular complexity index is 1140. The lowest BCUT2D eigenvalue weighted by atomic mass is 10.0. The molecule has 0 bridgehead atoms. The number of alkyl halides is 3. The normalized spacial score (nSPS) is 14.7. The van der Waals surface area contributed by atoms with E-state index in [4.69, 9.17) is 4.74 Å². The van der Waals surface area contributed by atoms with Crippen LogP contribution in [0.2, 0.25) is 0 Å². The van der Waals surface area contributed by atoms with E-state index in [2.05, 4.69) is 15.0 Å². The first-order valence-corrected chi connectivity index (χ1v) is 11.6. The average Bonchev–Trinajstić information content (AvgIpc) is 3.06. The van der Waals surface area contributed by atoms with Crippen LogP contribution in [0.5, 0.6) is 5.88 Å². The van der Waals surface area contributed by atoms with Crippen LogP contribution in [0.1, 0.15) is 47.3 Å². The maximum absolute atomic E-state index is 12.7. The highest BCUT2D eigenvalue weighted by Gasteiger charge is 2.29. The largest absolute Gasteiger partial charge is 0.468 e. The summed E-state index contributed by atoms with van der Waals surface area (Å²) in [5.41, 5.74) is 3.46. The van der Waals surface area contributed by atoms with Gasteiger partial charge in [0.25, 0.3) is 0 Å². The zero-order valence-corrected chi connectivity index (χ0v) is 19.3. The van der Waals surface area contributed by atoms with Crippen molar-refractivity contribution in [2.75, 3.05) is 26.2 Å². The van der Waals surface area contributed by atoms with Crippen molar-refractivity contribution in [3.05, 3.63) is 53.3 Å². The van der Waals surface area contributed by atoms with Crippen LogP contribution >= 0.6 is 0 Å². The van der Waals surface area contributed by atoms with Crippen LogP contribution in [0.15, 0.2) is 36.5 Å². The zero-order chi connectivity index (χ0) is 24.1. The van der Waals surface area contributed by atoms with Gasteiger partial charge in [0.2, 0.25) is 5.88 Å². The van der Waals surface area contributed by atoms with Crippen molar-refractivity contribution in [2.45, 2.75) is 44.7 Å². The van der Waals surface area contributed by atoms with Gasteiger partial charge in [0, 0.05) is 61.9 Å². The van der Waals surface area contributed by atoms with Crippen molar-refractivity contribution in [3.8, 4) is 5.88 Å². The SMILES string of the molecule is Cn1cc2c(C(=O)CCCCCN3CCc4ccc(OCC(F)(F)F)nc4CC3)cccc2n1. The third-order valence-corrected chi connectivity index (χ3v) is 6.13. The monoisotopic (exact) mass is 474 g/mol. The fourth-order valence-electron chi connectivity index (χ4n) is 4.41. The van der Waals surface area contributed by atoms with E-state index >= 15 is 0 Å². The number of unbranched alkanes of at least 4 members (excludes halogenated alkanes) is 2. The number of Topliss-reactive ketones (excluding diaryl/α,β-unsaturated/α-hetero) is 1. The second-order valence-corrected chi connectivity index (χ2v) is 8.78. The number of benzene rings is 1. The maximum atomic E-state index is 12.7. The molecule has 0 spiro atoms. The number of carbonyl (C=O) groups is 1. The topological polar surface area (TPSA) is 60.2 Å². The number of rotatable bonds is 9. The van der Waals surface area contributed by atoms with Gasteiger partial charge in [-0.3, -0.25) is 9.48 Å². The van der Waals surface area contributed by atoms with Gasteiger partial charge >= 0.3 is 6.18 Å². The Morgan fingerprint density at radius 3 is 2.74 bits per heavy atom. The molecule has 9 heteroatoms. The number of aromatic nitrogens is 3. The molecule has 182 valence electrons. The van der Waals surface area contributed by atoms with Crippen molar-refractivity contribution in [1.82, 2.24) is 19.7 Å². The Kier molecular flexibility index (Phi) is 7.50. The maximum Gasteiger partial charge on any atom is 0.422 e. The van der Waals surface area contributed by atoms with Crippen LogP contribution in [-0.2, 0) is 19.9 Å². The van der Waals surface area contributed by atoms with Crippen molar-refractivity contribution in [1.29, 1.82) is 0 Å². The van der Waals surface area contributed by atoms with Crippen LogP contribution in [0.25, 0.3) is 10.9 Å². The second-order valence-electron chi connectivity index (χ2n) is 8.78. The number of hydrogen-bond acceptors (Lipinski definition) is 5. The number of ether oxygens (including phenoxy) is 1. The minimum Gasteiger partial charge on any atom is -0.468 e. The first-order chi connectivity index (χ1) is 16.3. The molecule has 0 atom stereocenters. The lowest BCUT2D eigenvalue weighted by Gasteiger charge is -2.19. The minimum absolute atomic E-state index is 0.0242. The Hall–Kier alpha value is -2.94. The molecule has 2 aromatic heterocycles. The summed E-state index contributed by atoms with van der Waals surface area (Å²) in [6.07, 6.45) is 2.33. The van der Waals surface area contributed by atoms with Gasteiger partial charge in [0.1, 0.15) is 0 Å². The van der Waals surface area contributed by atoms with E-state index < -0.39 is 12.8 Å². The smallest absolute Gasteiger partial charge is 0.422 e. The molecule has 0 aliphatic carbocycles. The minimum atomic E-state index is -4.37. The van der Waals surface area contributed by atoms with Gasteiger partial charge in [0.15, 0.2) is 12.4 Å². The molecule has 0 saturated carbocycles. The van der Waals surface area contributed by atoms with E-state index in [0.29, 0.717) is 12.8 Å². The van der Waals surface area contributed by atoms with Crippen molar-refractivity contribution in [3.63, 3.8) is 0 Å². The van der Waals surface area contributed by atoms with Gasteiger partial charge < -0.3 is 9.64 Å². The molecular formula is C25H29F3N4O2. The summed E-state index contributed by atoms with van der Waals surface area (Å²) < 4.78 is 43.7. The zero-order valence-electron chi connectivity index (χ0n) is 19.3. The molecule has 1 aliphatic rings. The number of fused-ring (bicyclic) bond motifs is 2. The van der Waals surface area contributed by atoms with E-state index in [9.17, 15) is 18.0 Å². The number of ketones is 1. The van der Waals surface area contributed by atoms with Crippen molar-refractivity contribution >= 4 is 16.7 Å². The van der Waals surface area contributed by atoms with E-state index in [-0.39, 0.29) is 11.7 Å². The van der Waals surface area contributed by atoms with Crippen LogP contribution in [0.3, 0.4) is 0 Å². The van der Waals surface area contributed by atoms with E-state index in [1.807, 2.05) is 37.5 Å². The molecule has 0 unspecified atom stereocenters. The van der Waals surface area contributed by atoms with E-state index in [0.717, 1.165) is 73.0 Å². The standard InChI is InChI=1S/C25H29F3N4O2/c1-31-16-20-19(6-5-7-22(20)30-31)23(33)8-3-2-4-13-32-14-11-18-9-10-24(29-21(18)12-15-32)34-17-25(26,27)28/h5-7,9-10,16H,2-4,8,11-15,17H2,1H3. The predicted molar refractivity (Wildman–Crippen MR) is 123 cm³/mol. The number of hydrogen-bond donors (Lipinski definition) is 0. The van der Waals surface area contributed by atoms with Gasteiger partial charge in [-0.25, -0.2) is 4.98 Å². The number of halogens is 3. The van der Waals surface area contributed by atoms with Crippen molar-refractivity contribution in [2.24, 2.45) is 7.05 Å². The third-order valence-electron chi connectivity index (χ3n) is 6.13. The number of pyridine rings is 1. The van der Waals surface area contributed by atoms with Gasteiger partial charge in [0.05, 0.1) is 5.52 Å². The second kappa shape index (κ2) is 10.5. The highest BCUT2D eigenvalue weighted by Crippen LogP contribution is 2.22. The summed E-state index contributed by atoms with van der Waals surface area (Å²) in [6.45, 7) is 1.30. The molecule has 6 nitrogen and oxygen atoms in total. The number of aryl methyl sites for hydroxylation is 1. The molecule has 0 fully saturated rings. The molecule has 0 saturated heterocycles. The molecule has 1 aromatic carbocycles. The summed E-state index contributed by atoms with van der Waals surface area (Å²) in [5, 5.41) is 5.27. The molecule has 3 heterocycles. The predicted octanol–water partition coefficient (Wildman–Crippen LogP) is 4.75. The summed E-state index contributed by atoms with van der Waals surface area (Å²) in [4.78, 5) is 19.4. The van der Waals surface area contributed by atoms with Gasteiger partial charge in [-0.2, -0.15) is 18.3 Å². The van der Waals surface area contributed by atoms with Crippen LogP contribution in [0, 0.1) is 0 Å². The van der Waals surface area contributed by atoms with Gasteiger partial charge in [-0.15, -0.1) is 0 Å².